The van der Waals surface area contributed by atoms with E-state index >= 15 is 0 Å². The summed E-state index contributed by atoms with van der Waals surface area (Å²) in [6.45, 7) is 5.42. The average Bonchev–Trinajstić information content (AvgIpc) is 2.49. The van der Waals surface area contributed by atoms with Crippen LogP contribution in [0.15, 0.2) is 23.8 Å². The third-order valence-electron chi connectivity index (χ3n) is 3.39. The molecule has 1 aliphatic rings. The maximum Gasteiger partial charge on any atom is 0.348 e. The molecule has 0 atom stereocenters. The van der Waals surface area contributed by atoms with Crippen molar-refractivity contribution < 1.29 is 28.2 Å². The van der Waals surface area contributed by atoms with Gasteiger partial charge in [0.1, 0.15) is 5.57 Å². The first-order valence-corrected chi connectivity index (χ1v) is 7.93. The maximum atomic E-state index is 13.8. The van der Waals surface area contributed by atoms with Crippen molar-refractivity contribution in [2.24, 2.45) is 0 Å². The number of cyclic esters (lactones) is 2. The lowest BCUT2D eigenvalue weighted by Gasteiger charge is -2.29. The molecule has 1 heterocycles. The Bertz CT molecular complexity index is 641. The number of hydrogen-bond acceptors (Lipinski definition) is 5. The largest absolute Gasteiger partial charge is 0.490 e. The first-order chi connectivity index (χ1) is 11.3. The Morgan fingerprint density at radius 3 is 2.46 bits per heavy atom. The van der Waals surface area contributed by atoms with E-state index in [9.17, 15) is 14.0 Å². The second-order valence-corrected chi connectivity index (χ2v) is 5.98. The van der Waals surface area contributed by atoms with E-state index in [1.165, 1.54) is 38.1 Å². The van der Waals surface area contributed by atoms with E-state index < -0.39 is 23.5 Å². The molecule has 0 amide bonds. The van der Waals surface area contributed by atoms with Gasteiger partial charge in [-0.25, -0.2) is 14.0 Å². The first-order valence-electron chi connectivity index (χ1n) is 7.93. The number of hydrogen-bond donors (Lipinski definition) is 0. The number of benzene rings is 1. The summed E-state index contributed by atoms with van der Waals surface area (Å²) < 4.78 is 29.2. The van der Waals surface area contributed by atoms with Crippen LogP contribution in [0.5, 0.6) is 5.75 Å². The van der Waals surface area contributed by atoms with Crippen LogP contribution in [0.4, 0.5) is 4.39 Å². The van der Waals surface area contributed by atoms with Gasteiger partial charge in [-0.3, -0.25) is 0 Å². The Hall–Kier alpha value is -2.37. The second kappa shape index (κ2) is 7.47. The minimum atomic E-state index is -1.29. The molecular weight excluding hydrogens is 315 g/mol. The van der Waals surface area contributed by atoms with E-state index in [4.69, 9.17) is 14.2 Å². The van der Waals surface area contributed by atoms with Crippen LogP contribution in [-0.2, 0) is 19.1 Å². The zero-order valence-electron chi connectivity index (χ0n) is 14.1. The van der Waals surface area contributed by atoms with Crippen LogP contribution in [0.1, 0.15) is 45.6 Å². The van der Waals surface area contributed by atoms with Crippen LogP contribution in [-0.4, -0.2) is 24.3 Å². The summed E-state index contributed by atoms with van der Waals surface area (Å²) >= 11 is 0. The molecule has 6 heteroatoms. The molecule has 1 aromatic rings. The van der Waals surface area contributed by atoms with E-state index in [1.54, 1.807) is 0 Å². The molecule has 0 unspecified atom stereocenters. The molecule has 0 spiro atoms. The van der Waals surface area contributed by atoms with Gasteiger partial charge in [0.25, 0.3) is 5.79 Å². The lowest BCUT2D eigenvalue weighted by atomic mass is 10.1. The van der Waals surface area contributed by atoms with Crippen LogP contribution < -0.4 is 4.74 Å². The van der Waals surface area contributed by atoms with Crippen LogP contribution >= 0.6 is 0 Å². The van der Waals surface area contributed by atoms with Gasteiger partial charge in [-0.05, 0) is 30.2 Å². The minimum absolute atomic E-state index is 0.0818. The van der Waals surface area contributed by atoms with Gasteiger partial charge in [0, 0.05) is 13.8 Å². The maximum absolute atomic E-state index is 13.8. The molecule has 0 N–H and O–H groups in total. The van der Waals surface area contributed by atoms with Crippen LogP contribution in [0.2, 0.25) is 0 Å². The zero-order valence-corrected chi connectivity index (χ0v) is 14.1. The van der Waals surface area contributed by atoms with Crippen molar-refractivity contribution in [1.29, 1.82) is 0 Å². The van der Waals surface area contributed by atoms with E-state index in [2.05, 4.69) is 6.92 Å². The number of unbranched alkanes of at least 4 members (excludes halogenated alkanes) is 2. The van der Waals surface area contributed by atoms with Gasteiger partial charge >= 0.3 is 11.9 Å². The second-order valence-electron chi connectivity index (χ2n) is 5.98. The van der Waals surface area contributed by atoms with Gasteiger partial charge < -0.3 is 14.2 Å². The molecular formula is C18H21FO5. The molecule has 1 fully saturated rings. The lowest BCUT2D eigenvalue weighted by molar-refractivity contribution is -0.222. The Morgan fingerprint density at radius 2 is 1.83 bits per heavy atom. The molecule has 0 bridgehead atoms. The fourth-order valence-electron chi connectivity index (χ4n) is 2.20. The summed E-state index contributed by atoms with van der Waals surface area (Å²) in [5.41, 5.74) is 0.211. The quantitative estimate of drug-likeness (QED) is 0.344. The highest BCUT2D eigenvalue weighted by atomic mass is 19.1. The molecule has 1 saturated heterocycles. The fraction of sp³-hybridized carbons (Fsp3) is 0.444. The Balaban J connectivity index is 2.17. The van der Waals surface area contributed by atoms with E-state index in [0.29, 0.717) is 12.2 Å². The summed E-state index contributed by atoms with van der Waals surface area (Å²) in [5, 5.41) is 0. The lowest BCUT2D eigenvalue weighted by Crippen LogP contribution is -2.41. The van der Waals surface area contributed by atoms with Gasteiger partial charge in [-0.2, -0.15) is 0 Å². The molecule has 1 aromatic carbocycles. The summed E-state index contributed by atoms with van der Waals surface area (Å²) in [6, 6.07) is 4.11. The summed E-state index contributed by atoms with van der Waals surface area (Å²) in [6.07, 6.45) is 4.17. The standard InChI is InChI=1S/C18H21FO5/c1-4-5-6-9-22-15-11-12(7-8-14(15)19)10-13-16(20)23-18(2,3)24-17(13)21/h7-8,10-11H,4-6,9H2,1-3H3. The highest BCUT2D eigenvalue weighted by Crippen LogP contribution is 2.26. The zero-order chi connectivity index (χ0) is 17.7. The predicted octanol–water partition coefficient (Wildman–Crippen LogP) is 3.61. The third-order valence-corrected chi connectivity index (χ3v) is 3.39. The highest BCUT2D eigenvalue weighted by molar-refractivity contribution is 6.18. The molecule has 5 nitrogen and oxygen atoms in total. The van der Waals surface area contributed by atoms with Crippen molar-refractivity contribution in [1.82, 2.24) is 0 Å². The van der Waals surface area contributed by atoms with Crippen LogP contribution in [0.3, 0.4) is 0 Å². The van der Waals surface area contributed by atoms with Crippen LogP contribution in [0.25, 0.3) is 6.08 Å². The van der Waals surface area contributed by atoms with Crippen molar-refractivity contribution in [3.8, 4) is 5.75 Å². The number of carbonyl (C=O) groups is 2. The van der Waals surface area contributed by atoms with E-state index in [-0.39, 0.29) is 11.3 Å². The molecule has 2 rings (SSSR count). The summed E-state index contributed by atoms with van der Waals surface area (Å²) in [7, 11) is 0. The molecule has 0 saturated carbocycles. The van der Waals surface area contributed by atoms with Gasteiger partial charge in [-0.1, -0.05) is 25.8 Å². The van der Waals surface area contributed by atoms with Crippen molar-refractivity contribution in [3.63, 3.8) is 0 Å². The molecule has 0 radical (unpaired) electrons. The van der Waals surface area contributed by atoms with Crippen molar-refractivity contribution >= 4 is 18.0 Å². The predicted molar refractivity (Wildman–Crippen MR) is 85.7 cm³/mol. The molecule has 24 heavy (non-hydrogen) atoms. The van der Waals surface area contributed by atoms with Gasteiger partial charge in [0.2, 0.25) is 0 Å². The highest BCUT2D eigenvalue weighted by Gasteiger charge is 2.38. The summed E-state index contributed by atoms with van der Waals surface area (Å²) in [5.74, 6) is -3.25. The number of rotatable bonds is 6. The van der Waals surface area contributed by atoms with E-state index in [0.717, 1.165) is 19.3 Å². The molecule has 1 aliphatic heterocycles. The van der Waals surface area contributed by atoms with Crippen molar-refractivity contribution in [2.75, 3.05) is 6.61 Å². The monoisotopic (exact) mass is 336 g/mol. The number of esters is 2. The minimum Gasteiger partial charge on any atom is -0.490 e. The van der Waals surface area contributed by atoms with Gasteiger partial charge in [0.15, 0.2) is 11.6 Å². The van der Waals surface area contributed by atoms with Crippen molar-refractivity contribution in [3.05, 3.63) is 35.2 Å². The smallest absolute Gasteiger partial charge is 0.348 e. The van der Waals surface area contributed by atoms with E-state index in [1.807, 2.05) is 0 Å². The topological polar surface area (TPSA) is 61.8 Å². The number of ether oxygens (including phenoxy) is 3. The number of carbonyl (C=O) groups excluding carboxylic acids is 2. The van der Waals surface area contributed by atoms with Crippen LogP contribution in [0, 0.1) is 5.82 Å². The van der Waals surface area contributed by atoms with Crippen molar-refractivity contribution in [2.45, 2.75) is 45.8 Å². The SMILES string of the molecule is CCCCCOc1cc(C=C2C(=O)OC(C)(C)OC2=O)ccc1F. The molecule has 0 aliphatic carbocycles. The normalized spacial score (nSPS) is 16.4. The molecule has 130 valence electrons. The molecule has 0 aromatic heterocycles. The van der Waals surface area contributed by atoms with Gasteiger partial charge in [0.05, 0.1) is 6.61 Å². The third kappa shape index (κ3) is 4.57. The Morgan fingerprint density at radius 1 is 1.17 bits per heavy atom. The Kier molecular flexibility index (Phi) is 5.59. The fourth-order valence-corrected chi connectivity index (χ4v) is 2.20. The Labute approximate surface area is 140 Å². The average molecular weight is 336 g/mol. The summed E-state index contributed by atoms with van der Waals surface area (Å²) in [4.78, 5) is 23.8. The first kappa shape index (κ1) is 18.0. The van der Waals surface area contributed by atoms with Gasteiger partial charge in [-0.15, -0.1) is 0 Å². The number of halogens is 1.